The number of fused-ring (bicyclic) bond motifs is 3. The molecule has 0 radical (unpaired) electrons. The largest absolute Gasteiger partial charge is 0.326 e. The quantitative estimate of drug-likeness (QED) is 0.584. The topological polar surface area (TPSA) is 29.1 Å². The van der Waals surface area contributed by atoms with Crippen LogP contribution in [-0.4, -0.2) is 5.91 Å². The Morgan fingerprint density at radius 1 is 1.00 bits per heavy atom. The maximum absolute atomic E-state index is 12.6. The maximum Gasteiger partial charge on any atom is 0.224 e. The van der Waals surface area contributed by atoms with Crippen molar-refractivity contribution >= 4 is 17.7 Å². The number of carbonyl (C=O) groups is 1. The summed E-state index contributed by atoms with van der Waals surface area (Å²) in [4.78, 5) is 12.6. The lowest BCUT2D eigenvalue weighted by Gasteiger charge is -2.14. The monoisotopic (exact) mass is 353 g/mol. The molecule has 4 rings (SSSR count). The highest BCUT2D eigenvalue weighted by atomic mass is 16.1. The number of amides is 1. The van der Waals surface area contributed by atoms with Crippen LogP contribution >= 0.6 is 0 Å². The number of hydrogen-bond donors (Lipinski definition) is 1. The molecule has 27 heavy (non-hydrogen) atoms. The number of rotatable bonds is 5. The van der Waals surface area contributed by atoms with Gasteiger partial charge in [-0.3, -0.25) is 4.79 Å². The summed E-state index contributed by atoms with van der Waals surface area (Å²) in [5.41, 5.74) is 8.19. The van der Waals surface area contributed by atoms with Crippen LogP contribution in [0.5, 0.6) is 0 Å². The lowest BCUT2D eigenvalue weighted by atomic mass is 9.92. The van der Waals surface area contributed by atoms with Gasteiger partial charge in [0.15, 0.2) is 0 Å². The molecular formula is C25H23NO. The van der Waals surface area contributed by atoms with E-state index in [-0.39, 0.29) is 11.8 Å². The number of nitrogens with one attached hydrogen (secondary N) is 1. The van der Waals surface area contributed by atoms with Gasteiger partial charge in [0.05, 0.1) is 0 Å². The van der Waals surface area contributed by atoms with Crippen molar-refractivity contribution in [3.8, 4) is 11.1 Å². The molecule has 0 atom stereocenters. The minimum Gasteiger partial charge on any atom is -0.326 e. The van der Waals surface area contributed by atoms with Crippen LogP contribution in [-0.2, 0) is 4.79 Å². The SMILES string of the molecule is C=Cc1ccc(C)c(NC(=O)CCC2c3ccccc3-c3ccccc32)c1. The van der Waals surface area contributed by atoms with Gasteiger partial charge in [-0.15, -0.1) is 0 Å². The van der Waals surface area contributed by atoms with Crippen molar-refractivity contribution < 1.29 is 4.79 Å². The van der Waals surface area contributed by atoms with Gasteiger partial charge in [-0.1, -0.05) is 73.3 Å². The van der Waals surface area contributed by atoms with Gasteiger partial charge in [0.25, 0.3) is 0 Å². The van der Waals surface area contributed by atoms with Crippen molar-refractivity contribution in [2.45, 2.75) is 25.7 Å². The third-order valence-electron chi connectivity index (χ3n) is 5.39. The number of benzene rings is 3. The molecule has 0 bridgehead atoms. The summed E-state index contributed by atoms with van der Waals surface area (Å²) >= 11 is 0. The van der Waals surface area contributed by atoms with E-state index in [1.807, 2.05) is 25.1 Å². The van der Waals surface area contributed by atoms with Gasteiger partial charge in [0.1, 0.15) is 0 Å². The molecule has 3 aromatic rings. The average molecular weight is 353 g/mol. The number of hydrogen-bond acceptors (Lipinski definition) is 1. The molecule has 0 saturated heterocycles. The lowest BCUT2D eigenvalue weighted by molar-refractivity contribution is -0.116. The molecule has 3 aromatic carbocycles. The number of aryl methyl sites for hydroxylation is 1. The van der Waals surface area contributed by atoms with Gasteiger partial charge in [0, 0.05) is 18.0 Å². The van der Waals surface area contributed by atoms with Crippen molar-refractivity contribution in [3.05, 3.63) is 95.6 Å². The van der Waals surface area contributed by atoms with Crippen LogP contribution in [0.15, 0.2) is 73.3 Å². The zero-order chi connectivity index (χ0) is 18.8. The summed E-state index contributed by atoms with van der Waals surface area (Å²) in [6, 6.07) is 23.1. The van der Waals surface area contributed by atoms with E-state index < -0.39 is 0 Å². The van der Waals surface area contributed by atoms with E-state index in [1.165, 1.54) is 22.3 Å². The molecule has 1 aliphatic rings. The number of carbonyl (C=O) groups excluding carboxylic acids is 1. The second-order valence-electron chi connectivity index (χ2n) is 7.09. The Labute approximate surface area is 160 Å². The van der Waals surface area contributed by atoms with Crippen molar-refractivity contribution in [2.24, 2.45) is 0 Å². The highest BCUT2D eigenvalue weighted by molar-refractivity contribution is 5.92. The smallest absolute Gasteiger partial charge is 0.224 e. The Morgan fingerprint density at radius 3 is 2.26 bits per heavy atom. The molecule has 0 saturated carbocycles. The standard InChI is InChI=1S/C25H23NO/c1-3-18-13-12-17(2)24(16-18)26-25(27)15-14-23-21-10-6-4-8-19(21)20-9-5-7-11-22(20)23/h3-13,16,23H,1,14-15H2,2H3,(H,26,27). The van der Waals surface area contributed by atoms with E-state index in [0.29, 0.717) is 6.42 Å². The minimum atomic E-state index is 0.0566. The molecule has 1 N–H and O–H groups in total. The lowest BCUT2D eigenvalue weighted by Crippen LogP contribution is -2.13. The number of anilines is 1. The van der Waals surface area contributed by atoms with Gasteiger partial charge in [-0.25, -0.2) is 0 Å². The van der Waals surface area contributed by atoms with E-state index in [1.54, 1.807) is 6.08 Å². The normalized spacial score (nSPS) is 12.3. The zero-order valence-corrected chi connectivity index (χ0v) is 15.5. The highest BCUT2D eigenvalue weighted by Crippen LogP contribution is 2.46. The first-order valence-electron chi connectivity index (χ1n) is 9.38. The molecule has 2 nitrogen and oxygen atoms in total. The molecule has 2 heteroatoms. The first-order valence-corrected chi connectivity index (χ1v) is 9.38. The summed E-state index contributed by atoms with van der Waals surface area (Å²) in [5.74, 6) is 0.338. The second-order valence-corrected chi connectivity index (χ2v) is 7.09. The molecule has 1 amide bonds. The molecule has 1 aliphatic carbocycles. The van der Waals surface area contributed by atoms with Crippen molar-refractivity contribution in [1.82, 2.24) is 0 Å². The fraction of sp³-hybridized carbons (Fsp3) is 0.160. The van der Waals surface area contributed by atoms with Crippen LogP contribution in [0.25, 0.3) is 17.2 Å². The predicted molar refractivity (Wildman–Crippen MR) is 113 cm³/mol. The predicted octanol–water partition coefficient (Wildman–Crippen LogP) is 6.17. The molecule has 0 unspecified atom stereocenters. The van der Waals surface area contributed by atoms with Gasteiger partial charge in [-0.2, -0.15) is 0 Å². The zero-order valence-electron chi connectivity index (χ0n) is 15.5. The third-order valence-corrected chi connectivity index (χ3v) is 5.39. The van der Waals surface area contributed by atoms with E-state index in [2.05, 4.69) is 60.4 Å². The van der Waals surface area contributed by atoms with Crippen LogP contribution in [0.3, 0.4) is 0 Å². The summed E-state index contributed by atoms with van der Waals surface area (Å²) < 4.78 is 0. The molecule has 0 aromatic heterocycles. The van der Waals surface area contributed by atoms with Crippen molar-refractivity contribution in [3.63, 3.8) is 0 Å². The third kappa shape index (κ3) is 3.31. The van der Waals surface area contributed by atoms with E-state index in [9.17, 15) is 4.79 Å². The second kappa shape index (κ2) is 7.24. The van der Waals surface area contributed by atoms with E-state index in [4.69, 9.17) is 0 Å². The van der Waals surface area contributed by atoms with Crippen LogP contribution in [0, 0.1) is 6.92 Å². The Kier molecular flexibility index (Phi) is 4.64. The van der Waals surface area contributed by atoms with Crippen LogP contribution in [0.2, 0.25) is 0 Å². The Balaban J connectivity index is 1.51. The fourth-order valence-electron chi connectivity index (χ4n) is 3.96. The van der Waals surface area contributed by atoms with Gasteiger partial charge in [0.2, 0.25) is 5.91 Å². The van der Waals surface area contributed by atoms with Gasteiger partial charge < -0.3 is 5.32 Å². The molecule has 0 fully saturated rings. The summed E-state index contributed by atoms with van der Waals surface area (Å²) in [6.45, 7) is 5.81. The van der Waals surface area contributed by atoms with Gasteiger partial charge in [-0.05, 0) is 52.8 Å². The van der Waals surface area contributed by atoms with E-state index >= 15 is 0 Å². The van der Waals surface area contributed by atoms with Gasteiger partial charge >= 0.3 is 0 Å². The van der Waals surface area contributed by atoms with Crippen molar-refractivity contribution in [2.75, 3.05) is 5.32 Å². The maximum atomic E-state index is 12.6. The first kappa shape index (κ1) is 17.3. The highest BCUT2D eigenvalue weighted by Gasteiger charge is 2.28. The van der Waals surface area contributed by atoms with Crippen molar-refractivity contribution in [1.29, 1.82) is 0 Å². The summed E-state index contributed by atoms with van der Waals surface area (Å²) in [7, 11) is 0. The van der Waals surface area contributed by atoms with Crippen LogP contribution in [0.1, 0.15) is 41.0 Å². The fourth-order valence-corrected chi connectivity index (χ4v) is 3.96. The van der Waals surface area contributed by atoms with Crippen LogP contribution in [0.4, 0.5) is 5.69 Å². The molecular weight excluding hydrogens is 330 g/mol. The molecule has 0 aliphatic heterocycles. The summed E-state index contributed by atoms with van der Waals surface area (Å²) in [6.07, 6.45) is 3.09. The average Bonchev–Trinajstić information content (AvgIpc) is 3.02. The van der Waals surface area contributed by atoms with E-state index in [0.717, 1.165) is 23.2 Å². The first-order chi connectivity index (χ1) is 13.2. The Hall–Kier alpha value is -3.13. The molecule has 134 valence electrons. The summed E-state index contributed by atoms with van der Waals surface area (Å²) in [5, 5.41) is 3.07. The minimum absolute atomic E-state index is 0.0566. The van der Waals surface area contributed by atoms with Crippen LogP contribution < -0.4 is 5.32 Å². The Bertz CT molecular complexity index is 973. The molecule has 0 spiro atoms. The Morgan fingerprint density at radius 2 is 1.63 bits per heavy atom. The molecule has 0 heterocycles.